The van der Waals surface area contributed by atoms with E-state index in [4.69, 9.17) is 5.73 Å². The number of nitrogens with two attached hydrogens (primary N) is 1. The van der Waals surface area contributed by atoms with Gasteiger partial charge in [-0.15, -0.1) is 0 Å². The first-order valence-electron chi connectivity index (χ1n) is 4.27. The minimum atomic E-state index is 0.0392. The van der Waals surface area contributed by atoms with Gasteiger partial charge in [0.15, 0.2) is 0 Å². The molecule has 72 valence electrons. The summed E-state index contributed by atoms with van der Waals surface area (Å²) >= 11 is 0. The number of hydrazine groups is 1. The van der Waals surface area contributed by atoms with Crippen LogP contribution in [0.2, 0.25) is 0 Å². The van der Waals surface area contributed by atoms with Crippen molar-refractivity contribution in [3.05, 3.63) is 0 Å². The molecule has 0 saturated carbocycles. The summed E-state index contributed by atoms with van der Waals surface area (Å²) in [5.74, 6) is 0.349. The van der Waals surface area contributed by atoms with E-state index in [0.29, 0.717) is 18.9 Å². The van der Waals surface area contributed by atoms with Crippen molar-refractivity contribution in [3.63, 3.8) is 0 Å². The van der Waals surface area contributed by atoms with Crippen LogP contribution in [-0.4, -0.2) is 31.6 Å². The zero-order valence-corrected chi connectivity index (χ0v) is 8.13. The molecular weight excluding hydrogens is 154 g/mol. The highest BCUT2D eigenvalue weighted by Gasteiger charge is 2.09. The predicted octanol–water partition coefficient (Wildman–Crippen LogP) is -0.0458. The molecule has 0 aliphatic heterocycles. The Labute approximate surface area is 74.1 Å². The van der Waals surface area contributed by atoms with E-state index in [1.165, 1.54) is 0 Å². The summed E-state index contributed by atoms with van der Waals surface area (Å²) < 4.78 is 0. The van der Waals surface area contributed by atoms with Crippen LogP contribution in [0.3, 0.4) is 0 Å². The molecule has 0 saturated heterocycles. The van der Waals surface area contributed by atoms with Gasteiger partial charge in [0.25, 0.3) is 0 Å². The number of carbonyl (C=O) groups excluding carboxylic acids is 1. The third-order valence-electron chi connectivity index (χ3n) is 1.73. The van der Waals surface area contributed by atoms with E-state index in [1.54, 1.807) is 19.1 Å². The van der Waals surface area contributed by atoms with E-state index in [2.05, 4.69) is 5.43 Å². The molecule has 1 amide bonds. The Morgan fingerprint density at radius 3 is 2.50 bits per heavy atom. The Kier molecular flexibility index (Phi) is 5.66. The molecular formula is C8H19N3O. The fourth-order valence-corrected chi connectivity index (χ4v) is 0.952. The number of amides is 1. The van der Waals surface area contributed by atoms with Gasteiger partial charge >= 0.3 is 0 Å². The molecule has 0 aromatic heterocycles. The summed E-state index contributed by atoms with van der Waals surface area (Å²) in [6, 6.07) is 0. The number of hydrogen-bond donors (Lipinski definition) is 2. The minimum absolute atomic E-state index is 0.0392. The quantitative estimate of drug-likeness (QED) is 0.573. The Morgan fingerprint density at radius 2 is 2.17 bits per heavy atom. The van der Waals surface area contributed by atoms with E-state index in [1.807, 2.05) is 6.92 Å². The van der Waals surface area contributed by atoms with Gasteiger partial charge in [0.2, 0.25) is 5.91 Å². The molecule has 12 heavy (non-hydrogen) atoms. The molecule has 4 nitrogen and oxygen atoms in total. The summed E-state index contributed by atoms with van der Waals surface area (Å²) in [4.78, 5) is 11.2. The van der Waals surface area contributed by atoms with Gasteiger partial charge < -0.3 is 5.73 Å². The summed E-state index contributed by atoms with van der Waals surface area (Å²) in [7, 11) is 3.59. The zero-order valence-electron chi connectivity index (χ0n) is 8.13. The SMILES string of the molecule is CCC(CN)CC(=O)NN(C)C. The molecule has 1 unspecified atom stereocenters. The smallest absolute Gasteiger partial charge is 0.234 e. The third-order valence-corrected chi connectivity index (χ3v) is 1.73. The van der Waals surface area contributed by atoms with Crippen LogP contribution in [0.1, 0.15) is 19.8 Å². The minimum Gasteiger partial charge on any atom is -0.330 e. The van der Waals surface area contributed by atoms with Gasteiger partial charge in [0.05, 0.1) is 0 Å². The normalized spacial score (nSPS) is 13.1. The summed E-state index contributed by atoms with van der Waals surface area (Å²) in [6.45, 7) is 2.62. The molecule has 0 aliphatic rings. The number of nitrogens with one attached hydrogen (secondary N) is 1. The highest BCUT2D eigenvalue weighted by atomic mass is 16.2. The predicted molar refractivity (Wildman–Crippen MR) is 49.3 cm³/mol. The molecule has 0 heterocycles. The van der Waals surface area contributed by atoms with Crippen LogP contribution < -0.4 is 11.2 Å². The van der Waals surface area contributed by atoms with Crippen molar-refractivity contribution < 1.29 is 4.79 Å². The lowest BCUT2D eigenvalue weighted by atomic mass is 10.0. The van der Waals surface area contributed by atoms with Crippen molar-refractivity contribution in [3.8, 4) is 0 Å². The fourth-order valence-electron chi connectivity index (χ4n) is 0.952. The summed E-state index contributed by atoms with van der Waals surface area (Å²) in [5.41, 5.74) is 8.15. The van der Waals surface area contributed by atoms with Gasteiger partial charge in [0.1, 0.15) is 0 Å². The van der Waals surface area contributed by atoms with Crippen LogP contribution in [0, 0.1) is 5.92 Å². The molecule has 0 bridgehead atoms. The van der Waals surface area contributed by atoms with Gasteiger partial charge in [-0.1, -0.05) is 13.3 Å². The van der Waals surface area contributed by atoms with Crippen molar-refractivity contribution in [2.45, 2.75) is 19.8 Å². The third kappa shape index (κ3) is 5.09. The molecule has 0 radical (unpaired) electrons. The number of hydrogen-bond acceptors (Lipinski definition) is 3. The second-order valence-electron chi connectivity index (χ2n) is 3.14. The van der Waals surface area contributed by atoms with Crippen molar-refractivity contribution in [2.24, 2.45) is 11.7 Å². The molecule has 0 rings (SSSR count). The molecule has 0 spiro atoms. The maximum atomic E-state index is 11.2. The zero-order chi connectivity index (χ0) is 9.56. The summed E-state index contributed by atoms with van der Waals surface area (Å²) in [6.07, 6.45) is 1.47. The topological polar surface area (TPSA) is 58.4 Å². The Morgan fingerprint density at radius 1 is 1.58 bits per heavy atom. The van der Waals surface area contributed by atoms with E-state index in [0.717, 1.165) is 6.42 Å². The van der Waals surface area contributed by atoms with E-state index in [-0.39, 0.29) is 5.91 Å². The fraction of sp³-hybridized carbons (Fsp3) is 0.875. The lowest BCUT2D eigenvalue weighted by Gasteiger charge is -2.15. The average Bonchev–Trinajstić information content (AvgIpc) is 1.98. The van der Waals surface area contributed by atoms with E-state index < -0.39 is 0 Å². The molecule has 0 aliphatic carbocycles. The number of nitrogens with zero attached hydrogens (tertiary/aromatic N) is 1. The second-order valence-corrected chi connectivity index (χ2v) is 3.14. The first-order valence-corrected chi connectivity index (χ1v) is 4.27. The van der Waals surface area contributed by atoms with Gasteiger partial charge in [-0.25, -0.2) is 5.01 Å². The highest BCUT2D eigenvalue weighted by Crippen LogP contribution is 2.04. The molecule has 3 N–H and O–H groups in total. The molecule has 4 heteroatoms. The van der Waals surface area contributed by atoms with Crippen molar-refractivity contribution in [1.82, 2.24) is 10.4 Å². The molecule has 0 aromatic carbocycles. The van der Waals surface area contributed by atoms with Crippen molar-refractivity contribution in [1.29, 1.82) is 0 Å². The Hall–Kier alpha value is -0.610. The Balaban J connectivity index is 3.66. The molecule has 1 atom stereocenters. The maximum absolute atomic E-state index is 11.2. The number of rotatable bonds is 5. The van der Waals surface area contributed by atoms with Crippen LogP contribution in [0.15, 0.2) is 0 Å². The van der Waals surface area contributed by atoms with Crippen molar-refractivity contribution >= 4 is 5.91 Å². The standard InChI is InChI=1S/C8H19N3O/c1-4-7(6-9)5-8(12)10-11(2)3/h7H,4-6,9H2,1-3H3,(H,10,12). The van der Waals surface area contributed by atoms with Gasteiger partial charge in [-0.3, -0.25) is 10.2 Å². The largest absolute Gasteiger partial charge is 0.330 e. The maximum Gasteiger partial charge on any atom is 0.234 e. The van der Waals surface area contributed by atoms with Crippen LogP contribution >= 0.6 is 0 Å². The second kappa shape index (κ2) is 5.97. The molecule has 0 aromatic rings. The lowest BCUT2D eigenvalue weighted by Crippen LogP contribution is -2.37. The summed E-state index contributed by atoms with van der Waals surface area (Å²) in [5, 5.41) is 1.64. The number of carbonyl (C=O) groups is 1. The van der Waals surface area contributed by atoms with Gasteiger partial charge in [-0.2, -0.15) is 0 Å². The molecule has 0 fully saturated rings. The van der Waals surface area contributed by atoms with Crippen molar-refractivity contribution in [2.75, 3.05) is 20.6 Å². The highest BCUT2D eigenvalue weighted by molar-refractivity contribution is 5.75. The monoisotopic (exact) mass is 173 g/mol. The van der Waals surface area contributed by atoms with E-state index >= 15 is 0 Å². The van der Waals surface area contributed by atoms with Crippen LogP contribution in [0.5, 0.6) is 0 Å². The lowest BCUT2D eigenvalue weighted by molar-refractivity contribution is -0.125. The van der Waals surface area contributed by atoms with Gasteiger partial charge in [-0.05, 0) is 12.5 Å². The van der Waals surface area contributed by atoms with Gasteiger partial charge in [0, 0.05) is 20.5 Å². The van der Waals surface area contributed by atoms with Crippen LogP contribution in [-0.2, 0) is 4.79 Å². The first-order chi connectivity index (χ1) is 5.60. The average molecular weight is 173 g/mol. The van der Waals surface area contributed by atoms with Crippen LogP contribution in [0.25, 0.3) is 0 Å². The van der Waals surface area contributed by atoms with Crippen LogP contribution in [0.4, 0.5) is 0 Å². The Bertz CT molecular complexity index is 132. The first kappa shape index (κ1) is 11.4. The van der Waals surface area contributed by atoms with E-state index in [9.17, 15) is 4.79 Å².